The van der Waals surface area contributed by atoms with Crippen molar-refractivity contribution in [2.45, 2.75) is 13.8 Å². The summed E-state index contributed by atoms with van der Waals surface area (Å²) < 4.78 is 7.37. The van der Waals surface area contributed by atoms with Gasteiger partial charge in [0.1, 0.15) is 0 Å². The highest BCUT2D eigenvalue weighted by Gasteiger charge is 2.13. The molecule has 27 heavy (non-hydrogen) atoms. The van der Waals surface area contributed by atoms with Crippen molar-refractivity contribution in [2.24, 2.45) is 0 Å². The zero-order valence-electron chi connectivity index (χ0n) is 14.9. The minimum Gasteiger partial charge on any atom is -0.394 e. The van der Waals surface area contributed by atoms with Gasteiger partial charge in [-0.05, 0) is 49.2 Å². The molecule has 0 unspecified atom stereocenters. The lowest BCUT2D eigenvalue weighted by Crippen LogP contribution is -2.08. The van der Waals surface area contributed by atoms with E-state index in [2.05, 4.69) is 9.97 Å². The predicted molar refractivity (Wildman–Crippen MR) is 106 cm³/mol. The average molecular weight is 375 g/mol. The molecule has 0 atom stereocenters. The number of aryl methyl sites for hydroxylation is 2. The van der Waals surface area contributed by atoms with Crippen molar-refractivity contribution in [3.63, 3.8) is 0 Å². The molecule has 0 bridgehead atoms. The quantitative estimate of drug-likeness (QED) is 0.479. The zero-order chi connectivity index (χ0) is 18.8. The highest BCUT2D eigenvalue weighted by Crippen LogP contribution is 2.27. The Hall–Kier alpha value is -3.25. The van der Waals surface area contributed by atoms with E-state index in [1.54, 1.807) is 18.6 Å². The van der Waals surface area contributed by atoms with Crippen molar-refractivity contribution >= 4 is 17.3 Å². The fourth-order valence-electron chi connectivity index (χ4n) is 2.66. The number of carbonyl (C=O) groups excluding carboxylic acids is 1. The van der Waals surface area contributed by atoms with Crippen LogP contribution >= 0.6 is 11.3 Å². The number of hydrogen-bond donors (Lipinski definition) is 0. The molecule has 0 fully saturated rings. The Bertz CT molecular complexity index is 1080. The van der Waals surface area contributed by atoms with Gasteiger partial charge in [0.05, 0.1) is 17.6 Å². The SMILES string of the molecule is Cc1ccc(C(=O)Oc2nc(-c3ccc(-n4ccnc4)cc3)cs2)cc1C. The number of hydrogen-bond acceptors (Lipinski definition) is 5. The summed E-state index contributed by atoms with van der Waals surface area (Å²) in [5, 5.41) is 2.22. The standard InChI is InChI=1S/C21H17N3O2S/c1-14-3-4-17(11-15(14)2)20(25)26-21-23-19(12-27-21)16-5-7-18(8-6-16)24-10-9-22-13-24/h3-13H,1-2H3. The summed E-state index contributed by atoms with van der Waals surface area (Å²) in [4.78, 5) is 20.8. The van der Waals surface area contributed by atoms with Gasteiger partial charge >= 0.3 is 5.97 Å². The Labute approximate surface area is 160 Å². The second-order valence-corrected chi connectivity index (χ2v) is 7.02. The third-order valence-corrected chi connectivity index (χ3v) is 5.09. The summed E-state index contributed by atoms with van der Waals surface area (Å²) in [7, 11) is 0. The number of carbonyl (C=O) groups is 1. The van der Waals surface area contributed by atoms with Gasteiger partial charge in [-0.25, -0.2) is 14.8 Å². The summed E-state index contributed by atoms with van der Waals surface area (Å²) in [5.74, 6) is -0.394. The molecule has 134 valence electrons. The van der Waals surface area contributed by atoms with Gasteiger partial charge in [-0.15, -0.1) is 0 Å². The van der Waals surface area contributed by atoms with Gasteiger partial charge in [0.2, 0.25) is 0 Å². The van der Waals surface area contributed by atoms with Crippen molar-refractivity contribution in [1.29, 1.82) is 0 Å². The highest BCUT2D eigenvalue weighted by molar-refractivity contribution is 7.11. The maximum atomic E-state index is 12.3. The van der Waals surface area contributed by atoms with E-state index >= 15 is 0 Å². The molecule has 0 spiro atoms. The Morgan fingerprint density at radius 3 is 2.59 bits per heavy atom. The number of esters is 1. The molecule has 4 aromatic rings. The van der Waals surface area contributed by atoms with Crippen LogP contribution in [0.25, 0.3) is 16.9 Å². The first-order chi connectivity index (χ1) is 13.1. The van der Waals surface area contributed by atoms with Crippen LogP contribution in [0.2, 0.25) is 0 Å². The molecule has 2 heterocycles. The lowest BCUT2D eigenvalue weighted by molar-refractivity contribution is 0.0734. The minimum absolute atomic E-state index is 0.340. The van der Waals surface area contributed by atoms with E-state index in [0.717, 1.165) is 28.1 Å². The van der Waals surface area contributed by atoms with E-state index in [1.807, 2.05) is 66.4 Å². The minimum atomic E-state index is -0.394. The van der Waals surface area contributed by atoms with Gasteiger partial charge in [-0.1, -0.05) is 29.5 Å². The number of thiazole rings is 1. The second kappa shape index (κ2) is 7.17. The average Bonchev–Trinajstić information content (AvgIpc) is 3.36. The maximum absolute atomic E-state index is 12.3. The zero-order valence-corrected chi connectivity index (χ0v) is 15.7. The van der Waals surface area contributed by atoms with Crippen LogP contribution in [0.1, 0.15) is 21.5 Å². The number of nitrogens with zero attached hydrogens (tertiary/aromatic N) is 3. The van der Waals surface area contributed by atoms with Crippen LogP contribution in [0, 0.1) is 13.8 Å². The summed E-state index contributed by atoms with van der Waals surface area (Å²) in [5.41, 5.74) is 5.49. The second-order valence-electron chi connectivity index (χ2n) is 6.20. The summed E-state index contributed by atoms with van der Waals surface area (Å²) in [6.45, 7) is 3.98. The molecule has 0 amide bonds. The third-order valence-electron chi connectivity index (χ3n) is 4.37. The Kier molecular flexibility index (Phi) is 4.56. The van der Waals surface area contributed by atoms with Gasteiger partial charge in [0, 0.05) is 29.0 Å². The Morgan fingerprint density at radius 2 is 1.89 bits per heavy atom. The highest BCUT2D eigenvalue weighted by atomic mass is 32.1. The Balaban J connectivity index is 1.49. The summed E-state index contributed by atoms with van der Waals surface area (Å²) in [6.07, 6.45) is 5.38. The van der Waals surface area contributed by atoms with Gasteiger partial charge in [-0.3, -0.25) is 0 Å². The number of benzene rings is 2. The van der Waals surface area contributed by atoms with Gasteiger partial charge < -0.3 is 9.30 Å². The molecule has 0 radical (unpaired) electrons. The molecule has 0 saturated heterocycles. The topological polar surface area (TPSA) is 57.0 Å². The van der Waals surface area contributed by atoms with Crippen LogP contribution in [0.4, 0.5) is 0 Å². The largest absolute Gasteiger partial charge is 0.394 e. The van der Waals surface area contributed by atoms with Crippen LogP contribution in [-0.2, 0) is 0 Å². The fourth-order valence-corrected chi connectivity index (χ4v) is 3.34. The van der Waals surface area contributed by atoms with Gasteiger partial charge in [0.15, 0.2) is 0 Å². The normalized spacial score (nSPS) is 10.7. The van der Waals surface area contributed by atoms with E-state index in [0.29, 0.717) is 10.8 Å². The lowest BCUT2D eigenvalue weighted by Gasteiger charge is -2.04. The van der Waals surface area contributed by atoms with E-state index in [4.69, 9.17) is 4.74 Å². The predicted octanol–water partition coefficient (Wildman–Crippen LogP) is 4.83. The van der Waals surface area contributed by atoms with Crippen molar-refractivity contribution in [3.05, 3.63) is 83.3 Å². The molecule has 0 N–H and O–H groups in total. The number of ether oxygens (including phenoxy) is 1. The molecule has 2 aromatic carbocycles. The van der Waals surface area contributed by atoms with E-state index in [-0.39, 0.29) is 0 Å². The lowest BCUT2D eigenvalue weighted by atomic mass is 10.1. The van der Waals surface area contributed by atoms with Gasteiger partial charge in [0.25, 0.3) is 5.19 Å². The molecule has 2 aromatic heterocycles. The van der Waals surface area contributed by atoms with Crippen molar-refractivity contribution < 1.29 is 9.53 Å². The van der Waals surface area contributed by atoms with E-state index in [9.17, 15) is 4.79 Å². The van der Waals surface area contributed by atoms with Crippen LogP contribution in [0.15, 0.2) is 66.6 Å². The summed E-state index contributed by atoms with van der Waals surface area (Å²) >= 11 is 1.31. The first-order valence-corrected chi connectivity index (χ1v) is 9.32. The van der Waals surface area contributed by atoms with Crippen LogP contribution in [0.5, 0.6) is 5.19 Å². The number of aromatic nitrogens is 3. The van der Waals surface area contributed by atoms with E-state index < -0.39 is 5.97 Å². The molecule has 4 rings (SSSR count). The molecule has 0 aliphatic rings. The number of imidazole rings is 1. The molecule has 0 aliphatic carbocycles. The Morgan fingerprint density at radius 1 is 1.07 bits per heavy atom. The maximum Gasteiger partial charge on any atom is 0.345 e. The first kappa shape index (κ1) is 17.2. The molecular formula is C21H17N3O2S. The summed E-state index contributed by atoms with van der Waals surface area (Å²) in [6, 6.07) is 13.5. The number of rotatable bonds is 4. The molecule has 0 aliphatic heterocycles. The van der Waals surface area contributed by atoms with Crippen LogP contribution < -0.4 is 4.74 Å². The fraction of sp³-hybridized carbons (Fsp3) is 0.0952. The first-order valence-electron chi connectivity index (χ1n) is 8.44. The van der Waals surface area contributed by atoms with E-state index in [1.165, 1.54) is 11.3 Å². The molecule has 6 heteroatoms. The van der Waals surface area contributed by atoms with Crippen LogP contribution in [0.3, 0.4) is 0 Å². The van der Waals surface area contributed by atoms with Crippen LogP contribution in [-0.4, -0.2) is 20.5 Å². The monoisotopic (exact) mass is 375 g/mol. The smallest absolute Gasteiger partial charge is 0.345 e. The van der Waals surface area contributed by atoms with Crippen molar-refractivity contribution in [1.82, 2.24) is 14.5 Å². The molecular weight excluding hydrogens is 358 g/mol. The molecule has 5 nitrogen and oxygen atoms in total. The van der Waals surface area contributed by atoms with Crippen molar-refractivity contribution in [3.8, 4) is 22.1 Å². The van der Waals surface area contributed by atoms with Gasteiger partial charge in [-0.2, -0.15) is 0 Å². The molecule has 0 saturated carbocycles. The third kappa shape index (κ3) is 3.66. The van der Waals surface area contributed by atoms with Crippen molar-refractivity contribution in [2.75, 3.05) is 0 Å².